The lowest BCUT2D eigenvalue weighted by atomic mass is 9.95. The predicted octanol–water partition coefficient (Wildman–Crippen LogP) is 4.16. The molecule has 0 aromatic heterocycles. The van der Waals surface area contributed by atoms with E-state index in [0.717, 1.165) is 5.69 Å². The summed E-state index contributed by atoms with van der Waals surface area (Å²) in [5, 5.41) is 4.14. The van der Waals surface area contributed by atoms with Crippen molar-refractivity contribution in [1.82, 2.24) is 0 Å². The van der Waals surface area contributed by atoms with Gasteiger partial charge in [-0.05, 0) is 31.0 Å². The number of rotatable bonds is 5. The Morgan fingerprint density at radius 1 is 1.31 bits per heavy atom. The zero-order valence-corrected chi connectivity index (χ0v) is 11.0. The lowest BCUT2D eigenvalue weighted by Crippen LogP contribution is -2.25. The van der Waals surface area contributed by atoms with Crippen molar-refractivity contribution >= 4 is 23.0 Å². The summed E-state index contributed by atoms with van der Waals surface area (Å²) in [7, 11) is 0. The number of hydrogen-bond acceptors (Lipinski definition) is 2. The van der Waals surface area contributed by atoms with Crippen molar-refractivity contribution in [2.75, 3.05) is 11.1 Å². The molecule has 0 saturated carbocycles. The number of hydrogen-bond donors (Lipinski definition) is 2. The van der Waals surface area contributed by atoms with Crippen molar-refractivity contribution in [2.24, 2.45) is 5.92 Å². The lowest BCUT2D eigenvalue weighted by molar-refractivity contribution is 0.438. The Morgan fingerprint density at radius 2 is 1.94 bits per heavy atom. The summed E-state index contributed by atoms with van der Waals surface area (Å²) in [6.45, 7) is 6.64. The molecule has 0 radical (unpaired) electrons. The average molecular weight is 241 g/mol. The molecule has 0 aliphatic heterocycles. The van der Waals surface area contributed by atoms with E-state index in [9.17, 15) is 0 Å². The van der Waals surface area contributed by atoms with Crippen molar-refractivity contribution in [3.8, 4) is 0 Å². The molecule has 2 nitrogen and oxygen atoms in total. The molecule has 1 rings (SSSR count). The second-order valence-electron chi connectivity index (χ2n) is 4.25. The summed E-state index contributed by atoms with van der Waals surface area (Å²) in [6, 6.07) is 6.02. The zero-order valence-electron chi connectivity index (χ0n) is 10.3. The standard InChI is InChI=1S/C13H21ClN2/c1-4-10(5-2)9(3)16-13-7-6-11(15)8-12(13)14/h6-10,16H,4-5,15H2,1-3H3. The van der Waals surface area contributed by atoms with E-state index in [-0.39, 0.29) is 0 Å². The topological polar surface area (TPSA) is 38.0 Å². The third-order valence-electron chi connectivity index (χ3n) is 3.13. The van der Waals surface area contributed by atoms with E-state index in [1.54, 1.807) is 6.07 Å². The second kappa shape index (κ2) is 6.00. The number of halogens is 1. The van der Waals surface area contributed by atoms with Crippen molar-refractivity contribution in [3.05, 3.63) is 23.2 Å². The van der Waals surface area contributed by atoms with Crippen LogP contribution in [0.4, 0.5) is 11.4 Å². The number of nitrogens with two attached hydrogens (primary N) is 1. The van der Waals surface area contributed by atoms with Crippen LogP contribution in [0.1, 0.15) is 33.6 Å². The summed E-state index contributed by atoms with van der Waals surface area (Å²) in [4.78, 5) is 0. The lowest BCUT2D eigenvalue weighted by Gasteiger charge is -2.24. The molecule has 3 N–H and O–H groups in total. The number of anilines is 2. The highest BCUT2D eigenvalue weighted by Crippen LogP contribution is 2.26. The van der Waals surface area contributed by atoms with Crippen LogP contribution < -0.4 is 11.1 Å². The van der Waals surface area contributed by atoms with Crippen LogP contribution in [0, 0.1) is 5.92 Å². The van der Waals surface area contributed by atoms with Gasteiger partial charge in [0.15, 0.2) is 0 Å². The van der Waals surface area contributed by atoms with Crippen LogP contribution in [-0.2, 0) is 0 Å². The Bertz CT molecular complexity index is 335. The summed E-state index contributed by atoms with van der Waals surface area (Å²) < 4.78 is 0. The molecule has 0 saturated heterocycles. The van der Waals surface area contributed by atoms with E-state index in [1.807, 2.05) is 12.1 Å². The van der Waals surface area contributed by atoms with Crippen LogP contribution >= 0.6 is 11.6 Å². The predicted molar refractivity (Wildman–Crippen MR) is 73.0 cm³/mol. The number of benzene rings is 1. The summed E-state index contributed by atoms with van der Waals surface area (Å²) in [6.07, 6.45) is 2.36. The minimum absolute atomic E-state index is 0.427. The third kappa shape index (κ3) is 3.31. The van der Waals surface area contributed by atoms with Crippen LogP contribution in [0.2, 0.25) is 5.02 Å². The van der Waals surface area contributed by atoms with Gasteiger partial charge in [-0.2, -0.15) is 0 Å². The average Bonchev–Trinajstić information content (AvgIpc) is 2.24. The van der Waals surface area contributed by atoms with Gasteiger partial charge in [0.2, 0.25) is 0 Å². The molecular weight excluding hydrogens is 220 g/mol. The van der Waals surface area contributed by atoms with Crippen molar-refractivity contribution in [3.63, 3.8) is 0 Å². The van der Waals surface area contributed by atoms with Crippen LogP contribution in [0.15, 0.2) is 18.2 Å². The largest absolute Gasteiger partial charge is 0.399 e. The van der Waals surface area contributed by atoms with Gasteiger partial charge in [0.05, 0.1) is 10.7 Å². The fourth-order valence-electron chi connectivity index (χ4n) is 2.01. The fourth-order valence-corrected chi connectivity index (χ4v) is 2.25. The molecule has 0 heterocycles. The first-order chi connectivity index (χ1) is 7.58. The van der Waals surface area contributed by atoms with Gasteiger partial charge in [-0.15, -0.1) is 0 Å². The SMILES string of the molecule is CCC(CC)C(C)Nc1ccc(N)cc1Cl. The first-order valence-electron chi connectivity index (χ1n) is 5.90. The number of nitrogens with one attached hydrogen (secondary N) is 1. The van der Waals surface area contributed by atoms with Gasteiger partial charge in [0.25, 0.3) is 0 Å². The summed E-state index contributed by atoms with van der Waals surface area (Å²) in [5.74, 6) is 0.675. The highest BCUT2D eigenvalue weighted by Gasteiger charge is 2.14. The maximum atomic E-state index is 6.12. The molecule has 90 valence electrons. The molecule has 1 aromatic carbocycles. The highest BCUT2D eigenvalue weighted by atomic mass is 35.5. The summed E-state index contributed by atoms with van der Waals surface area (Å²) in [5.41, 5.74) is 7.33. The van der Waals surface area contributed by atoms with Gasteiger partial charge in [-0.3, -0.25) is 0 Å². The third-order valence-corrected chi connectivity index (χ3v) is 3.44. The van der Waals surface area contributed by atoms with E-state index in [4.69, 9.17) is 17.3 Å². The Morgan fingerprint density at radius 3 is 2.44 bits per heavy atom. The molecule has 0 aliphatic carbocycles. The van der Waals surface area contributed by atoms with Crippen molar-refractivity contribution < 1.29 is 0 Å². The molecule has 1 aromatic rings. The smallest absolute Gasteiger partial charge is 0.0658 e. The molecule has 1 unspecified atom stereocenters. The van der Waals surface area contributed by atoms with Crippen molar-refractivity contribution in [1.29, 1.82) is 0 Å². The monoisotopic (exact) mass is 240 g/mol. The molecule has 0 bridgehead atoms. The van der Waals surface area contributed by atoms with Gasteiger partial charge < -0.3 is 11.1 Å². The van der Waals surface area contributed by atoms with Crippen LogP contribution in [0.5, 0.6) is 0 Å². The first kappa shape index (κ1) is 13.2. The van der Waals surface area contributed by atoms with Gasteiger partial charge in [-0.25, -0.2) is 0 Å². The molecule has 0 fully saturated rings. The van der Waals surface area contributed by atoms with E-state index < -0.39 is 0 Å². The minimum atomic E-state index is 0.427. The maximum Gasteiger partial charge on any atom is 0.0658 e. The zero-order chi connectivity index (χ0) is 12.1. The van der Waals surface area contributed by atoms with E-state index in [0.29, 0.717) is 22.7 Å². The second-order valence-corrected chi connectivity index (χ2v) is 4.66. The molecular formula is C13H21ClN2. The Kier molecular flexibility index (Phi) is 4.94. The van der Waals surface area contributed by atoms with Crippen LogP contribution in [-0.4, -0.2) is 6.04 Å². The van der Waals surface area contributed by atoms with Gasteiger partial charge in [0.1, 0.15) is 0 Å². The van der Waals surface area contributed by atoms with Crippen LogP contribution in [0.3, 0.4) is 0 Å². The summed E-state index contributed by atoms with van der Waals surface area (Å²) >= 11 is 6.12. The van der Waals surface area contributed by atoms with Crippen molar-refractivity contribution in [2.45, 2.75) is 39.7 Å². The fraction of sp³-hybridized carbons (Fsp3) is 0.538. The molecule has 0 aliphatic rings. The Hall–Kier alpha value is -0.890. The molecule has 3 heteroatoms. The number of nitrogen functional groups attached to an aromatic ring is 1. The Balaban J connectivity index is 2.72. The first-order valence-corrected chi connectivity index (χ1v) is 6.27. The highest BCUT2D eigenvalue weighted by molar-refractivity contribution is 6.33. The van der Waals surface area contributed by atoms with Gasteiger partial charge >= 0.3 is 0 Å². The van der Waals surface area contributed by atoms with Crippen LogP contribution in [0.25, 0.3) is 0 Å². The molecule has 0 amide bonds. The van der Waals surface area contributed by atoms with Gasteiger partial charge in [-0.1, -0.05) is 38.3 Å². The maximum absolute atomic E-state index is 6.12. The van der Waals surface area contributed by atoms with E-state index in [1.165, 1.54) is 12.8 Å². The quantitative estimate of drug-likeness (QED) is 0.759. The molecule has 0 spiro atoms. The Labute approximate surface area is 103 Å². The molecule has 1 atom stereocenters. The van der Waals surface area contributed by atoms with E-state index >= 15 is 0 Å². The van der Waals surface area contributed by atoms with E-state index in [2.05, 4.69) is 26.1 Å². The normalized spacial score (nSPS) is 12.8. The minimum Gasteiger partial charge on any atom is -0.399 e. The molecule has 16 heavy (non-hydrogen) atoms. The van der Waals surface area contributed by atoms with Gasteiger partial charge in [0, 0.05) is 11.7 Å².